The maximum atomic E-state index is 8.74. The molecule has 0 radical (unpaired) electrons. The highest BCUT2D eigenvalue weighted by Crippen LogP contribution is 2.19. The molecule has 2 heteroatoms. The number of hydrogen-bond donors (Lipinski definition) is 1. The molecule has 1 rings (SSSR count). The van der Waals surface area contributed by atoms with Crippen molar-refractivity contribution < 1.29 is 5.11 Å². The summed E-state index contributed by atoms with van der Waals surface area (Å²) in [6, 6.07) is 6.51. The molecule has 0 aliphatic carbocycles. The number of aliphatic hydroxyl groups excluding tert-OH is 1. The van der Waals surface area contributed by atoms with Crippen LogP contribution in [0.1, 0.15) is 17.5 Å². The van der Waals surface area contributed by atoms with E-state index in [2.05, 4.69) is 31.4 Å². The van der Waals surface area contributed by atoms with Gasteiger partial charge in [0.15, 0.2) is 0 Å². The molecule has 1 aromatic carbocycles. The third-order valence-electron chi connectivity index (χ3n) is 2.16. The van der Waals surface area contributed by atoms with Gasteiger partial charge in [-0.15, -0.1) is 11.8 Å². The second-order valence-corrected chi connectivity index (χ2v) is 4.00. The molecular weight excluding hydrogens is 180 g/mol. The van der Waals surface area contributed by atoms with Crippen LogP contribution in [-0.2, 0) is 6.42 Å². The number of hydrogen-bond acceptors (Lipinski definition) is 2. The fourth-order valence-corrected chi connectivity index (χ4v) is 1.78. The maximum absolute atomic E-state index is 8.74. The van der Waals surface area contributed by atoms with E-state index >= 15 is 0 Å². The lowest BCUT2D eigenvalue weighted by atomic mass is 10.0. The Bertz CT molecular complexity index is 271. The molecule has 1 nitrogen and oxygen atoms in total. The topological polar surface area (TPSA) is 20.2 Å². The van der Waals surface area contributed by atoms with Crippen molar-refractivity contribution in [1.29, 1.82) is 0 Å². The Morgan fingerprint density at radius 1 is 1.38 bits per heavy atom. The first-order valence-corrected chi connectivity index (χ1v) is 5.74. The van der Waals surface area contributed by atoms with Gasteiger partial charge in [0.1, 0.15) is 0 Å². The highest BCUT2D eigenvalue weighted by Gasteiger charge is 1.99. The second-order valence-electron chi connectivity index (χ2n) is 3.12. The van der Waals surface area contributed by atoms with Gasteiger partial charge < -0.3 is 5.11 Å². The van der Waals surface area contributed by atoms with Gasteiger partial charge >= 0.3 is 0 Å². The summed E-state index contributed by atoms with van der Waals surface area (Å²) < 4.78 is 0. The van der Waals surface area contributed by atoms with E-state index in [4.69, 9.17) is 5.11 Å². The highest BCUT2D eigenvalue weighted by molar-refractivity contribution is 7.98. The molecule has 0 bridgehead atoms. The van der Waals surface area contributed by atoms with Crippen molar-refractivity contribution in [2.75, 3.05) is 12.9 Å². The van der Waals surface area contributed by atoms with Crippen molar-refractivity contribution in [3.8, 4) is 0 Å². The van der Waals surface area contributed by atoms with Crippen molar-refractivity contribution in [3.63, 3.8) is 0 Å². The molecule has 0 aliphatic heterocycles. The molecule has 72 valence electrons. The summed E-state index contributed by atoms with van der Waals surface area (Å²) in [5, 5.41) is 8.74. The van der Waals surface area contributed by atoms with Crippen molar-refractivity contribution in [1.82, 2.24) is 0 Å². The molecule has 0 fully saturated rings. The summed E-state index contributed by atoms with van der Waals surface area (Å²) in [7, 11) is 0. The van der Waals surface area contributed by atoms with Crippen molar-refractivity contribution in [2.45, 2.75) is 24.7 Å². The summed E-state index contributed by atoms with van der Waals surface area (Å²) in [6.45, 7) is 2.40. The van der Waals surface area contributed by atoms with Crippen molar-refractivity contribution in [2.24, 2.45) is 0 Å². The normalized spacial score (nSPS) is 10.4. The van der Waals surface area contributed by atoms with Gasteiger partial charge in [-0.2, -0.15) is 0 Å². The van der Waals surface area contributed by atoms with E-state index in [9.17, 15) is 0 Å². The highest BCUT2D eigenvalue weighted by atomic mass is 32.2. The van der Waals surface area contributed by atoms with Gasteiger partial charge in [0.25, 0.3) is 0 Å². The smallest absolute Gasteiger partial charge is 0.0434 e. The van der Waals surface area contributed by atoms with E-state index in [0.29, 0.717) is 0 Å². The van der Waals surface area contributed by atoms with E-state index in [1.165, 1.54) is 16.0 Å². The lowest BCUT2D eigenvalue weighted by molar-refractivity contribution is 0.288. The van der Waals surface area contributed by atoms with Gasteiger partial charge in [-0.1, -0.05) is 6.07 Å². The van der Waals surface area contributed by atoms with Crippen LogP contribution < -0.4 is 0 Å². The summed E-state index contributed by atoms with van der Waals surface area (Å²) in [5.74, 6) is 0. The van der Waals surface area contributed by atoms with E-state index < -0.39 is 0 Å². The average molecular weight is 196 g/mol. The third kappa shape index (κ3) is 3.05. The van der Waals surface area contributed by atoms with E-state index in [1.807, 2.05) is 0 Å². The van der Waals surface area contributed by atoms with Crippen LogP contribution in [0, 0.1) is 6.92 Å². The molecular formula is C11H16OS. The zero-order valence-corrected chi connectivity index (χ0v) is 9.03. The van der Waals surface area contributed by atoms with Gasteiger partial charge in [-0.05, 0) is 49.3 Å². The summed E-state index contributed by atoms with van der Waals surface area (Å²) in [5.41, 5.74) is 2.69. The van der Waals surface area contributed by atoms with Crippen LogP contribution in [0.5, 0.6) is 0 Å². The van der Waals surface area contributed by atoms with Crippen LogP contribution in [-0.4, -0.2) is 18.0 Å². The average Bonchev–Trinajstić information content (AvgIpc) is 2.17. The molecule has 0 unspecified atom stereocenters. The first-order chi connectivity index (χ1) is 6.27. The van der Waals surface area contributed by atoms with Gasteiger partial charge in [0.2, 0.25) is 0 Å². The Kier molecular flexibility index (Phi) is 4.33. The summed E-state index contributed by atoms with van der Waals surface area (Å²) in [6.07, 6.45) is 3.93. The zero-order chi connectivity index (χ0) is 9.68. The predicted octanol–water partition coefficient (Wildman–Crippen LogP) is 2.64. The Labute approximate surface area is 84.2 Å². The summed E-state index contributed by atoms with van der Waals surface area (Å²) >= 11 is 1.76. The lowest BCUT2D eigenvalue weighted by Gasteiger charge is -2.06. The molecule has 0 spiro atoms. The fourth-order valence-electron chi connectivity index (χ4n) is 1.31. The van der Waals surface area contributed by atoms with Crippen molar-refractivity contribution >= 4 is 11.8 Å². The number of aryl methyl sites for hydroxylation is 2. The Hall–Kier alpha value is -0.470. The van der Waals surface area contributed by atoms with Crippen LogP contribution in [0.4, 0.5) is 0 Å². The lowest BCUT2D eigenvalue weighted by Crippen LogP contribution is -1.92. The number of benzene rings is 1. The molecule has 0 atom stereocenters. The molecule has 1 N–H and O–H groups in total. The SMILES string of the molecule is CSc1ccc(C)c(CCCO)c1. The number of aliphatic hydroxyl groups is 1. The monoisotopic (exact) mass is 196 g/mol. The van der Waals surface area contributed by atoms with E-state index in [-0.39, 0.29) is 6.61 Å². The number of rotatable bonds is 4. The predicted molar refractivity (Wildman–Crippen MR) is 58.4 cm³/mol. The van der Waals surface area contributed by atoms with Crippen LogP contribution in [0.15, 0.2) is 23.1 Å². The number of thioether (sulfide) groups is 1. The third-order valence-corrected chi connectivity index (χ3v) is 2.89. The van der Waals surface area contributed by atoms with Gasteiger partial charge in [0, 0.05) is 11.5 Å². The second kappa shape index (κ2) is 5.30. The maximum Gasteiger partial charge on any atom is 0.0434 e. The standard InChI is InChI=1S/C11H16OS/c1-9-5-6-11(13-2)8-10(9)4-3-7-12/h5-6,8,12H,3-4,7H2,1-2H3. The largest absolute Gasteiger partial charge is 0.396 e. The molecule has 0 saturated carbocycles. The fraction of sp³-hybridized carbons (Fsp3) is 0.455. The molecule has 13 heavy (non-hydrogen) atoms. The van der Waals surface area contributed by atoms with Crippen LogP contribution in [0.2, 0.25) is 0 Å². The van der Waals surface area contributed by atoms with Gasteiger partial charge in [-0.3, -0.25) is 0 Å². The van der Waals surface area contributed by atoms with E-state index in [1.54, 1.807) is 11.8 Å². The quantitative estimate of drug-likeness (QED) is 0.747. The Morgan fingerprint density at radius 3 is 2.77 bits per heavy atom. The van der Waals surface area contributed by atoms with Crippen LogP contribution in [0.25, 0.3) is 0 Å². The molecule has 0 aromatic heterocycles. The first-order valence-electron chi connectivity index (χ1n) is 4.52. The first kappa shape index (κ1) is 10.6. The summed E-state index contributed by atoms with van der Waals surface area (Å²) in [4.78, 5) is 1.30. The van der Waals surface area contributed by atoms with Gasteiger partial charge in [-0.25, -0.2) is 0 Å². The molecule has 0 saturated heterocycles. The minimum Gasteiger partial charge on any atom is -0.396 e. The zero-order valence-electron chi connectivity index (χ0n) is 8.21. The Morgan fingerprint density at radius 2 is 2.15 bits per heavy atom. The molecule has 1 aromatic rings. The van der Waals surface area contributed by atoms with E-state index in [0.717, 1.165) is 12.8 Å². The van der Waals surface area contributed by atoms with Crippen LogP contribution in [0.3, 0.4) is 0 Å². The minimum atomic E-state index is 0.281. The van der Waals surface area contributed by atoms with Gasteiger partial charge in [0.05, 0.1) is 0 Å². The van der Waals surface area contributed by atoms with Crippen LogP contribution >= 0.6 is 11.8 Å². The molecule has 0 aliphatic rings. The molecule has 0 heterocycles. The minimum absolute atomic E-state index is 0.281. The molecule has 0 amide bonds. The Balaban J connectivity index is 2.78. The van der Waals surface area contributed by atoms with Crippen molar-refractivity contribution in [3.05, 3.63) is 29.3 Å².